The summed E-state index contributed by atoms with van der Waals surface area (Å²) in [6.45, 7) is 1.69. The van der Waals surface area contributed by atoms with Gasteiger partial charge in [-0.25, -0.2) is 9.37 Å². The van der Waals surface area contributed by atoms with Gasteiger partial charge < -0.3 is 21.5 Å². The minimum absolute atomic E-state index is 0.0345. The molecule has 1 amide bonds. The van der Waals surface area contributed by atoms with E-state index < -0.39 is 6.67 Å². The standard InChI is InChI=1S/C24H24ClFN4O2/c1-13-8-18(13)24(32)28-12-14-2-5-21(30-23(14)27)19-10-17(4-7-22(19)31)29-20-6-3-16(25)9-15(20)11-26/h2-7,9-10,13,18,29,31H,8,11-12H2,1H3,(H2,27,30)(H,28,32). The van der Waals surface area contributed by atoms with Crippen molar-refractivity contribution in [3.63, 3.8) is 0 Å². The molecular weight excluding hydrogens is 431 g/mol. The molecule has 6 nitrogen and oxygen atoms in total. The first kappa shape index (κ1) is 21.9. The Morgan fingerprint density at radius 2 is 2.00 bits per heavy atom. The molecule has 3 aromatic rings. The predicted molar refractivity (Wildman–Crippen MR) is 124 cm³/mol. The number of pyridine rings is 1. The Bertz CT molecular complexity index is 1170. The van der Waals surface area contributed by atoms with Crippen LogP contribution in [0.5, 0.6) is 5.75 Å². The molecule has 166 valence electrons. The molecule has 0 aliphatic heterocycles. The van der Waals surface area contributed by atoms with Crippen LogP contribution < -0.4 is 16.4 Å². The zero-order valence-electron chi connectivity index (χ0n) is 17.5. The first-order valence-electron chi connectivity index (χ1n) is 10.3. The van der Waals surface area contributed by atoms with Crippen LogP contribution in [0.1, 0.15) is 24.5 Å². The number of rotatable bonds is 7. The van der Waals surface area contributed by atoms with Crippen LogP contribution in [0, 0.1) is 11.8 Å². The summed E-state index contributed by atoms with van der Waals surface area (Å²) < 4.78 is 13.3. The third kappa shape index (κ3) is 4.78. The number of hydrogen-bond donors (Lipinski definition) is 4. The maximum Gasteiger partial charge on any atom is 0.223 e. The monoisotopic (exact) mass is 454 g/mol. The van der Waals surface area contributed by atoms with E-state index in [4.69, 9.17) is 17.3 Å². The Kier molecular flexibility index (Phi) is 6.19. The topological polar surface area (TPSA) is 100 Å². The summed E-state index contributed by atoms with van der Waals surface area (Å²) in [5.74, 6) is 0.877. The summed E-state index contributed by atoms with van der Waals surface area (Å²) >= 11 is 5.95. The van der Waals surface area contributed by atoms with Crippen molar-refractivity contribution in [2.75, 3.05) is 11.1 Å². The van der Waals surface area contributed by atoms with Gasteiger partial charge in [-0.1, -0.05) is 24.6 Å². The summed E-state index contributed by atoms with van der Waals surface area (Å²) in [5, 5.41) is 16.9. The number of aromatic hydroxyl groups is 1. The Hall–Kier alpha value is -3.32. The number of benzene rings is 2. The maximum atomic E-state index is 13.3. The molecule has 1 heterocycles. The van der Waals surface area contributed by atoms with E-state index in [1.54, 1.807) is 42.5 Å². The molecule has 0 spiro atoms. The number of nitrogens with two attached hydrogens (primary N) is 1. The number of phenolic OH excluding ortho intramolecular Hbond substituents is 1. The molecule has 0 bridgehead atoms. The number of alkyl halides is 1. The zero-order chi connectivity index (χ0) is 22.8. The van der Waals surface area contributed by atoms with Gasteiger partial charge in [-0.2, -0.15) is 0 Å². The smallest absolute Gasteiger partial charge is 0.223 e. The van der Waals surface area contributed by atoms with Gasteiger partial charge in [-0.15, -0.1) is 0 Å². The Morgan fingerprint density at radius 1 is 1.22 bits per heavy atom. The predicted octanol–water partition coefficient (Wildman–Crippen LogP) is 5.18. The second-order valence-corrected chi connectivity index (χ2v) is 8.51. The summed E-state index contributed by atoms with van der Waals surface area (Å²) in [7, 11) is 0. The van der Waals surface area contributed by atoms with Crippen LogP contribution in [0.2, 0.25) is 5.02 Å². The van der Waals surface area contributed by atoms with E-state index >= 15 is 0 Å². The fourth-order valence-corrected chi connectivity index (χ4v) is 3.77. The lowest BCUT2D eigenvalue weighted by molar-refractivity contribution is -0.122. The summed E-state index contributed by atoms with van der Waals surface area (Å²) in [6.07, 6.45) is 0.922. The maximum absolute atomic E-state index is 13.3. The molecule has 0 saturated heterocycles. The molecule has 32 heavy (non-hydrogen) atoms. The Labute approximate surface area is 190 Å². The van der Waals surface area contributed by atoms with Crippen molar-refractivity contribution in [2.45, 2.75) is 26.6 Å². The number of amides is 1. The number of carbonyl (C=O) groups excluding carboxylic acids is 1. The zero-order valence-corrected chi connectivity index (χ0v) is 18.3. The fourth-order valence-electron chi connectivity index (χ4n) is 3.57. The number of nitrogens with one attached hydrogen (secondary N) is 2. The molecule has 4 rings (SSSR count). The highest BCUT2D eigenvalue weighted by molar-refractivity contribution is 6.30. The molecule has 5 N–H and O–H groups in total. The van der Waals surface area contributed by atoms with Crippen molar-refractivity contribution < 1.29 is 14.3 Å². The number of nitrogen functional groups attached to an aromatic ring is 1. The highest BCUT2D eigenvalue weighted by Gasteiger charge is 2.38. The fraction of sp³-hybridized carbons (Fsp3) is 0.250. The Balaban J connectivity index is 1.53. The second-order valence-electron chi connectivity index (χ2n) is 8.07. The average Bonchev–Trinajstić information content (AvgIpc) is 3.51. The molecular formula is C24H24ClFN4O2. The van der Waals surface area contributed by atoms with E-state index in [-0.39, 0.29) is 23.4 Å². The van der Waals surface area contributed by atoms with Gasteiger partial charge in [0.15, 0.2) is 0 Å². The van der Waals surface area contributed by atoms with E-state index in [0.29, 0.717) is 51.2 Å². The lowest BCUT2D eigenvalue weighted by Gasteiger charge is -2.14. The van der Waals surface area contributed by atoms with Crippen molar-refractivity contribution in [1.29, 1.82) is 0 Å². The number of halogens is 2. The average molecular weight is 455 g/mol. The number of anilines is 3. The molecule has 0 radical (unpaired) electrons. The van der Waals surface area contributed by atoms with Gasteiger partial charge in [0.1, 0.15) is 18.2 Å². The van der Waals surface area contributed by atoms with Crippen LogP contribution in [0.4, 0.5) is 21.6 Å². The van der Waals surface area contributed by atoms with Gasteiger partial charge in [0.05, 0.1) is 5.69 Å². The van der Waals surface area contributed by atoms with E-state index in [9.17, 15) is 14.3 Å². The quantitative estimate of drug-likeness (QED) is 0.369. The first-order chi connectivity index (χ1) is 15.4. The van der Waals surface area contributed by atoms with Crippen LogP contribution >= 0.6 is 11.6 Å². The molecule has 2 atom stereocenters. The van der Waals surface area contributed by atoms with Crippen molar-refractivity contribution in [1.82, 2.24) is 10.3 Å². The third-order valence-corrected chi connectivity index (χ3v) is 5.91. The SMILES string of the molecule is CC1CC1C(=O)NCc1ccc(-c2cc(Nc3ccc(Cl)cc3CF)ccc2O)nc1N. The Morgan fingerprint density at radius 3 is 2.69 bits per heavy atom. The van der Waals surface area contributed by atoms with Crippen molar-refractivity contribution >= 4 is 34.7 Å². The molecule has 1 aliphatic rings. The lowest BCUT2D eigenvalue weighted by Crippen LogP contribution is -2.25. The number of hydrogen-bond acceptors (Lipinski definition) is 5. The van der Waals surface area contributed by atoms with Crippen LogP contribution in [-0.4, -0.2) is 16.0 Å². The van der Waals surface area contributed by atoms with Crippen LogP contribution in [-0.2, 0) is 18.0 Å². The number of aromatic nitrogens is 1. The summed E-state index contributed by atoms with van der Waals surface area (Å²) in [4.78, 5) is 16.5. The van der Waals surface area contributed by atoms with E-state index in [1.165, 1.54) is 6.07 Å². The molecule has 1 fully saturated rings. The van der Waals surface area contributed by atoms with E-state index in [0.717, 1.165) is 6.42 Å². The van der Waals surface area contributed by atoms with Gasteiger partial charge in [0.2, 0.25) is 5.91 Å². The van der Waals surface area contributed by atoms with E-state index in [2.05, 4.69) is 22.5 Å². The van der Waals surface area contributed by atoms with Gasteiger partial charge in [-0.05, 0) is 54.8 Å². The molecule has 1 aliphatic carbocycles. The first-order valence-corrected chi connectivity index (χ1v) is 10.7. The lowest BCUT2D eigenvalue weighted by atomic mass is 10.1. The highest BCUT2D eigenvalue weighted by atomic mass is 35.5. The van der Waals surface area contributed by atoms with Gasteiger partial charge in [-0.3, -0.25) is 4.79 Å². The molecule has 8 heteroatoms. The van der Waals surface area contributed by atoms with Crippen LogP contribution in [0.25, 0.3) is 11.3 Å². The highest BCUT2D eigenvalue weighted by Crippen LogP contribution is 2.38. The molecule has 1 aromatic heterocycles. The summed E-state index contributed by atoms with van der Waals surface area (Å²) in [5.41, 5.74) is 9.43. The molecule has 2 aromatic carbocycles. The molecule has 1 saturated carbocycles. The van der Waals surface area contributed by atoms with Gasteiger partial charge >= 0.3 is 0 Å². The number of phenols is 1. The van der Waals surface area contributed by atoms with E-state index in [1.807, 2.05) is 0 Å². The summed E-state index contributed by atoms with van der Waals surface area (Å²) in [6, 6.07) is 13.4. The van der Waals surface area contributed by atoms with Crippen molar-refractivity contribution in [2.24, 2.45) is 11.8 Å². The van der Waals surface area contributed by atoms with Crippen LogP contribution in [0.3, 0.4) is 0 Å². The molecule has 2 unspecified atom stereocenters. The largest absolute Gasteiger partial charge is 0.507 e. The van der Waals surface area contributed by atoms with Crippen molar-refractivity contribution in [3.8, 4) is 17.0 Å². The van der Waals surface area contributed by atoms with Gasteiger partial charge in [0.25, 0.3) is 0 Å². The minimum atomic E-state index is -0.663. The third-order valence-electron chi connectivity index (χ3n) is 5.67. The number of nitrogens with zero attached hydrogens (tertiary/aromatic N) is 1. The van der Waals surface area contributed by atoms with Gasteiger partial charge in [0, 0.05) is 45.6 Å². The second kappa shape index (κ2) is 9.04. The normalized spacial score (nSPS) is 17.1. The van der Waals surface area contributed by atoms with Crippen molar-refractivity contribution in [3.05, 3.63) is 64.7 Å². The van der Waals surface area contributed by atoms with Crippen LogP contribution in [0.15, 0.2) is 48.5 Å². The number of carbonyl (C=O) groups is 1. The minimum Gasteiger partial charge on any atom is -0.507 e.